The number of nitrogens with zero attached hydrogens (tertiary/aromatic N) is 1. The largest absolute Gasteiger partial charge is 0.370 e. The summed E-state index contributed by atoms with van der Waals surface area (Å²) in [5, 5.41) is 0. The van der Waals surface area contributed by atoms with Gasteiger partial charge in [-0.2, -0.15) is 4.31 Å². The van der Waals surface area contributed by atoms with Gasteiger partial charge in [0, 0.05) is 12.6 Å². The van der Waals surface area contributed by atoms with E-state index < -0.39 is 15.8 Å². The maximum Gasteiger partial charge on any atom is 0.243 e. The number of rotatable bonds is 3. The van der Waals surface area contributed by atoms with Gasteiger partial charge in [0.1, 0.15) is 5.82 Å². The fourth-order valence-corrected chi connectivity index (χ4v) is 4.79. The first-order valence-corrected chi connectivity index (χ1v) is 9.28. The molecule has 2 aromatic carbocycles. The molecule has 0 aromatic heterocycles. The Morgan fingerprint density at radius 1 is 1.17 bits per heavy atom. The average molecular weight is 349 g/mol. The van der Waals surface area contributed by atoms with Gasteiger partial charge in [-0.05, 0) is 43.2 Å². The normalized spacial score (nSPS) is 22.5. The van der Waals surface area contributed by atoms with E-state index >= 15 is 0 Å². The fraction of sp³-hybridized carbons (Fsp3) is 0.333. The van der Waals surface area contributed by atoms with Gasteiger partial charge in [0.05, 0.1) is 17.6 Å². The zero-order valence-corrected chi connectivity index (χ0v) is 14.5. The molecule has 0 spiro atoms. The third-order valence-corrected chi connectivity index (χ3v) is 6.41. The van der Waals surface area contributed by atoms with Crippen LogP contribution in [0.2, 0.25) is 0 Å². The molecule has 0 bridgehead atoms. The molecule has 1 fully saturated rings. The predicted molar refractivity (Wildman–Crippen MR) is 89.6 cm³/mol. The summed E-state index contributed by atoms with van der Waals surface area (Å²) >= 11 is 0. The highest BCUT2D eigenvalue weighted by molar-refractivity contribution is 7.89. The third kappa shape index (κ3) is 3.22. The molecule has 6 heteroatoms. The minimum Gasteiger partial charge on any atom is -0.370 e. The average Bonchev–Trinajstić information content (AvgIpc) is 2.55. The van der Waals surface area contributed by atoms with Crippen molar-refractivity contribution in [2.45, 2.75) is 30.9 Å². The van der Waals surface area contributed by atoms with Crippen LogP contribution in [0.15, 0.2) is 53.4 Å². The number of aryl methyl sites for hydroxylation is 1. The Bertz CT molecular complexity index is 823. The van der Waals surface area contributed by atoms with E-state index in [-0.39, 0.29) is 23.6 Å². The summed E-state index contributed by atoms with van der Waals surface area (Å²) in [5.41, 5.74) is 1.35. The molecular weight excluding hydrogens is 329 g/mol. The maximum absolute atomic E-state index is 13.3. The summed E-state index contributed by atoms with van der Waals surface area (Å²) in [6.07, 6.45) is -0.307. The second-order valence-electron chi connectivity index (χ2n) is 6.07. The molecular formula is C18H20FNO3S. The van der Waals surface area contributed by atoms with Crippen LogP contribution in [0.5, 0.6) is 0 Å². The summed E-state index contributed by atoms with van der Waals surface area (Å²) in [6, 6.07) is 13.0. The molecule has 1 saturated heterocycles. The molecule has 4 nitrogen and oxygen atoms in total. The third-order valence-electron chi connectivity index (χ3n) is 4.27. The Hall–Kier alpha value is -1.76. The van der Waals surface area contributed by atoms with Gasteiger partial charge in [0.25, 0.3) is 0 Å². The Morgan fingerprint density at radius 3 is 2.54 bits per heavy atom. The monoisotopic (exact) mass is 349 g/mol. The minimum atomic E-state index is -3.71. The standard InChI is InChI=1S/C18H20FNO3S/c1-13-10-16(19)8-9-18(13)24(21,22)20-11-17(23-12-14(20)2)15-6-4-3-5-7-15/h3-10,14,17H,11-12H2,1-2H3. The van der Waals surface area contributed by atoms with E-state index in [2.05, 4.69) is 0 Å². The van der Waals surface area contributed by atoms with Crippen molar-refractivity contribution >= 4 is 10.0 Å². The molecule has 128 valence electrons. The first kappa shape index (κ1) is 17.1. The van der Waals surface area contributed by atoms with Crippen LogP contribution in [0, 0.1) is 12.7 Å². The molecule has 2 unspecified atom stereocenters. The highest BCUT2D eigenvalue weighted by Crippen LogP contribution is 2.30. The summed E-state index contributed by atoms with van der Waals surface area (Å²) in [4.78, 5) is 0.143. The van der Waals surface area contributed by atoms with Gasteiger partial charge in [-0.1, -0.05) is 30.3 Å². The van der Waals surface area contributed by atoms with Crippen molar-refractivity contribution in [2.75, 3.05) is 13.2 Å². The van der Waals surface area contributed by atoms with Gasteiger partial charge < -0.3 is 4.74 Å². The summed E-state index contributed by atoms with van der Waals surface area (Å²) < 4.78 is 46.7. The molecule has 24 heavy (non-hydrogen) atoms. The second kappa shape index (κ2) is 6.63. The lowest BCUT2D eigenvalue weighted by Crippen LogP contribution is -2.48. The Kier molecular flexibility index (Phi) is 4.71. The van der Waals surface area contributed by atoms with Crippen LogP contribution in [0.25, 0.3) is 0 Å². The Labute approximate surface area is 141 Å². The highest BCUT2D eigenvalue weighted by Gasteiger charge is 2.36. The number of sulfonamides is 1. The minimum absolute atomic E-state index is 0.143. The Balaban J connectivity index is 1.93. The topological polar surface area (TPSA) is 46.6 Å². The van der Waals surface area contributed by atoms with Crippen LogP contribution in [0.3, 0.4) is 0 Å². The van der Waals surface area contributed by atoms with E-state index in [9.17, 15) is 12.8 Å². The molecule has 1 heterocycles. The second-order valence-corrected chi connectivity index (χ2v) is 7.93. The van der Waals surface area contributed by atoms with Crippen molar-refractivity contribution in [1.82, 2.24) is 4.31 Å². The van der Waals surface area contributed by atoms with Gasteiger partial charge >= 0.3 is 0 Å². The van der Waals surface area contributed by atoms with Gasteiger partial charge in [0.2, 0.25) is 10.0 Å². The molecule has 3 rings (SSSR count). The molecule has 2 aromatic rings. The van der Waals surface area contributed by atoms with Gasteiger partial charge in [-0.3, -0.25) is 0 Å². The van der Waals surface area contributed by atoms with E-state index in [1.165, 1.54) is 22.5 Å². The van der Waals surface area contributed by atoms with Crippen molar-refractivity contribution in [3.63, 3.8) is 0 Å². The van der Waals surface area contributed by atoms with Crippen molar-refractivity contribution in [3.05, 3.63) is 65.5 Å². The zero-order valence-electron chi connectivity index (χ0n) is 13.6. The van der Waals surface area contributed by atoms with Gasteiger partial charge in [-0.25, -0.2) is 12.8 Å². The van der Waals surface area contributed by atoms with Crippen LogP contribution in [0.4, 0.5) is 4.39 Å². The van der Waals surface area contributed by atoms with Gasteiger partial charge in [0.15, 0.2) is 0 Å². The van der Waals surface area contributed by atoms with Crippen molar-refractivity contribution < 1.29 is 17.5 Å². The molecule has 0 saturated carbocycles. The number of hydrogen-bond acceptors (Lipinski definition) is 3. The lowest BCUT2D eigenvalue weighted by atomic mass is 10.1. The first-order chi connectivity index (χ1) is 11.4. The summed E-state index contributed by atoms with van der Waals surface area (Å²) in [6.45, 7) is 3.98. The van der Waals surface area contributed by atoms with Crippen molar-refractivity contribution in [2.24, 2.45) is 0 Å². The number of morpholine rings is 1. The molecule has 0 amide bonds. The molecule has 0 N–H and O–H groups in total. The molecule has 0 aliphatic carbocycles. The van der Waals surface area contributed by atoms with Crippen LogP contribution >= 0.6 is 0 Å². The SMILES string of the molecule is Cc1cc(F)ccc1S(=O)(=O)N1CC(c2ccccc2)OCC1C. The lowest BCUT2D eigenvalue weighted by Gasteiger charge is -2.37. The number of hydrogen-bond donors (Lipinski definition) is 0. The number of halogens is 1. The van der Waals surface area contributed by atoms with Crippen LogP contribution in [-0.2, 0) is 14.8 Å². The maximum atomic E-state index is 13.3. The van der Waals surface area contributed by atoms with E-state index in [1.54, 1.807) is 6.92 Å². The summed E-state index contributed by atoms with van der Waals surface area (Å²) in [7, 11) is -3.71. The van der Waals surface area contributed by atoms with E-state index in [0.717, 1.165) is 5.56 Å². The molecule has 1 aliphatic heterocycles. The molecule has 2 atom stereocenters. The fourth-order valence-electron chi connectivity index (χ4n) is 2.97. The van der Waals surface area contributed by atoms with E-state index in [0.29, 0.717) is 12.2 Å². The molecule has 1 aliphatic rings. The van der Waals surface area contributed by atoms with Crippen LogP contribution in [-0.4, -0.2) is 31.9 Å². The lowest BCUT2D eigenvalue weighted by molar-refractivity contribution is -0.0288. The van der Waals surface area contributed by atoms with Crippen LogP contribution in [0.1, 0.15) is 24.2 Å². The van der Waals surface area contributed by atoms with E-state index in [4.69, 9.17) is 4.74 Å². The highest BCUT2D eigenvalue weighted by atomic mass is 32.2. The van der Waals surface area contributed by atoms with Crippen LogP contribution < -0.4 is 0 Å². The first-order valence-electron chi connectivity index (χ1n) is 7.84. The van der Waals surface area contributed by atoms with E-state index in [1.807, 2.05) is 37.3 Å². The molecule has 0 radical (unpaired) electrons. The number of ether oxygens (including phenoxy) is 1. The Morgan fingerprint density at radius 2 is 1.88 bits per heavy atom. The zero-order chi connectivity index (χ0) is 17.3. The number of benzene rings is 2. The predicted octanol–water partition coefficient (Wildman–Crippen LogP) is 3.28. The smallest absolute Gasteiger partial charge is 0.243 e. The van der Waals surface area contributed by atoms with Gasteiger partial charge in [-0.15, -0.1) is 0 Å². The quantitative estimate of drug-likeness (QED) is 0.854. The van der Waals surface area contributed by atoms with Crippen molar-refractivity contribution in [1.29, 1.82) is 0 Å². The van der Waals surface area contributed by atoms with Crippen molar-refractivity contribution in [3.8, 4) is 0 Å². The summed E-state index contributed by atoms with van der Waals surface area (Å²) in [5.74, 6) is -0.441.